The molecule has 0 amide bonds. The van der Waals surface area contributed by atoms with Gasteiger partial charge in [-0.25, -0.2) is 0 Å². The zero-order chi connectivity index (χ0) is 20.7. The van der Waals surface area contributed by atoms with Gasteiger partial charge in [0.25, 0.3) is 0 Å². The molecule has 0 radical (unpaired) electrons. The van der Waals surface area contributed by atoms with Crippen LogP contribution in [-0.2, 0) is 6.18 Å². The zero-order valence-corrected chi connectivity index (χ0v) is 17.0. The summed E-state index contributed by atoms with van der Waals surface area (Å²) in [5.41, 5.74) is 0.188. The zero-order valence-electron chi connectivity index (χ0n) is 17.0. The fourth-order valence-corrected chi connectivity index (χ4v) is 3.56. The normalized spacial score (nSPS) is 15.5. The van der Waals surface area contributed by atoms with Gasteiger partial charge in [-0.05, 0) is 49.4 Å². The van der Waals surface area contributed by atoms with Gasteiger partial charge < -0.3 is 9.64 Å². The Bertz CT molecular complexity index is 743. The lowest BCUT2D eigenvalue weighted by Gasteiger charge is -2.27. The Morgan fingerprint density at radius 2 is 1.69 bits per heavy atom. The van der Waals surface area contributed by atoms with E-state index in [1.54, 1.807) is 6.07 Å². The molecule has 1 fully saturated rings. The van der Waals surface area contributed by atoms with Gasteiger partial charge in [-0.1, -0.05) is 55.8 Å². The van der Waals surface area contributed by atoms with Crippen LogP contribution in [0.1, 0.15) is 56.3 Å². The predicted octanol–water partition coefficient (Wildman–Crippen LogP) is 6.73. The molecule has 5 heteroatoms. The maximum absolute atomic E-state index is 13.4. The highest BCUT2D eigenvalue weighted by atomic mass is 19.4. The summed E-state index contributed by atoms with van der Waals surface area (Å²) in [6.07, 6.45) is 0.673. The molecule has 1 saturated carbocycles. The van der Waals surface area contributed by atoms with E-state index in [0.717, 1.165) is 50.0 Å². The first-order valence-corrected chi connectivity index (χ1v) is 10.6. The molecule has 1 aliphatic rings. The highest BCUT2D eigenvalue weighted by molar-refractivity contribution is 5.36. The molecule has 2 nitrogen and oxygen atoms in total. The number of para-hydroxylation sites is 1. The van der Waals surface area contributed by atoms with E-state index in [1.165, 1.54) is 25.0 Å². The van der Waals surface area contributed by atoms with Gasteiger partial charge in [-0.3, -0.25) is 0 Å². The molecule has 1 aliphatic carbocycles. The Morgan fingerprint density at radius 1 is 1.00 bits per heavy atom. The maximum Gasteiger partial charge on any atom is 0.419 e. The number of benzene rings is 2. The molecular formula is C24H30F3NO. The predicted molar refractivity (Wildman–Crippen MR) is 110 cm³/mol. The van der Waals surface area contributed by atoms with Crippen molar-refractivity contribution in [2.24, 2.45) is 5.92 Å². The van der Waals surface area contributed by atoms with Crippen LogP contribution in [-0.4, -0.2) is 24.5 Å². The Labute approximate surface area is 171 Å². The number of ether oxygens (including phenoxy) is 1. The Hall–Kier alpha value is -2.01. The van der Waals surface area contributed by atoms with Crippen molar-refractivity contribution in [1.29, 1.82) is 0 Å². The van der Waals surface area contributed by atoms with Gasteiger partial charge in [0.15, 0.2) is 0 Å². The van der Waals surface area contributed by atoms with Crippen LogP contribution >= 0.6 is 0 Å². The first kappa shape index (κ1) is 21.7. The number of unbranched alkanes of at least 4 members (excludes halogenated alkanes) is 1. The average Bonchev–Trinajstić information content (AvgIpc) is 3.53. The lowest BCUT2D eigenvalue weighted by Crippen LogP contribution is -2.30. The number of rotatable bonds is 11. The van der Waals surface area contributed by atoms with Gasteiger partial charge in [-0.15, -0.1) is 0 Å². The van der Waals surface area contributed by atoms with Crippen LogP contribution in [0.15, 0.2) is 54.6 Å². The molecule has 0 aromatic heterocycles. The average molecular weight is 406 g/mol. The molecule has 0 heterocycles. The molecule has 29 heavy (non-hydrogen) atoms. The summed E-state index contributed by atoms with van der Waals surface area (Å²) < 4.78 is 46.2. The monoisotopic (exact) mass is 405 g/mol. The molecule has 158 valence electrons. The third-order valence-corrected chi connectivity index (χ3v) is 5.38. The molecule has 0 N–H and O–H groups in total. The summed E-state index contributed by atoms with van der Waals surface area (Å²) in [4.78, 5) is 2.45. The van der Waals surface area contributed by atoms with Gasteiger partial charge in [0.05, 0.1) is 5.56 Å². The van der Waals surface area contributed by atoms with Gasteiger partial charge in [0, 0.05) is 19.5 Å². The second kappa shape index (κ2) is 10.1. The quantitative estimate of drug-likeness (QED) is 0.411. The fraction of sp³-hybridized carbons (Fsp3) is 0.500. The molecule has 1 unspecified atom stereocenters. The molecule has 3 rings (SSSR count). The first-order chi connectivity index (χ1) is 14.0. The molecule has 0 spiro atoms. The van der Waals surface area contributed by atoms with Crippen molar-refractivity contribution in [3.8, 4) is 5.75 Å². The fourth-order valence-electron chi connectivity index (χ4n) is 3.56. The number of hydrogen-bond donors (Lipinski definition) is 0. The molecule has 1 atom stereocenters. The van der Waals surface area contributed by atoms with Crippen LogP contribution in [0, 0.1) is 5.92 Å². The van der Waals surface area contributed by atoms with E-state index in [1.807, 2.05) is 30.3 Å². The number of halogens is 3. The summed E-state index contributed by atoms with van der Waals surface area (Å²) in [5.74, 6) is 0.685. The number of nitrogens with zero attached hydrogens (tertiary/aromatic N) is 1. The van der Waals surface area contributed by atoms with Crippen molar-refractivity contribution in [3.63, 3.8) is 0 Å². The van der Waals surface area contributed by atoms with E-state index in [4.69, 9.17) is 4.74 Å². The third kappa shape index (κ3) is 6.77. The minimum absolute atomic E-state index is 0.101. The van der Waals surface area contributed by atoms with Gasteiger partial charge in [0.2, 0.25) is 0 Å². The van der Waals surface area contributed by atoms with Crippen molar-refractivity contribution < 1.29 is 17.9 Å². The Morgan fingerprint density at radius 3 is 2.34 bits per heavy atom. The van der Waals surface area contributed by atoms with Crippen LogP contribution < -0.4 is 4.74 Å². The summed E-state index contributed by atoms with van der Waals surface area (Å²) in [7, 11) is 0. The van der Waals surface area contributed by atoms with Crippen molar-refractivity contribution in [2.75, 3.05) is 19.6 Å². The van der Waals surface area contributed by atoms with Crippen molar-refractivity contribution in [1.82, 2.24) is 4.90 Å². The minimum Gasteiger partial charge on any atom is -0.485 e. The summed E-state index contributed by atoms with van der Waals surface area (Å²) >= 11 is 0. The Kier molecular flexibility index (Phi) is 7.59. The third-order valence-electron chi connectivity index (χ3n) is 5.38. The summed E-state index contributed by atoms with van der Waals surface area (Å²) in [5, 5.41) is 0. The van der Waals surface area contributed by atoms with E-state index in [0.29, 0.717) is 6.42 Å². The molecule has 0 aliphatic heterocycles. The van der Waals surface area contributed by atoms with Crippen LogP contribution in [0.3, 0.4) is 0 Å². The highest BCUT2D eigenvalue weighted by Gasteiger charge is 2.35. The smallest absolute Gasteiger partial charge is 0.419 e. The van der Waals surface area contributed by atoms with E-state index < -0.39 is 17.8 Å². The van der Waals surface area contributed by atoms with Crippen LogP contribution in [0.4, 0.5) is 13.2 Å². The maximum atomic E-state index is 13.4. The topological polar surface area (TPSA) is 12.5 Å². The Balaban J connectivity index is 1.75. The van der Waals surface area contributed by atoms with E-state index in [9.17, 15) is 13.2 Å². The van der Waals surface area contributed by atoms with Crippen molar-refractivity contribution >= 4 is 0 Å². The van der Waals surface area contributed by atoms with Gasteiger partial charge >= 0.3 is 6.18 Å². The molecular weight excluding hydrogens is 375 g/mol. The summed E-state index contributed by atoms with van der Waals surface area (Å²) in [6.45, 7) is 5.12. The first-order valence-electron chi connectivity index (χ1n) is 10.6. The molecule has 2 aromatic carbocycles. The van der Waals surface area contributed by atoms with E-state index >= 15 is 0 Å². The molecule has 0 bridgehead atoms. The molecule has 0 saturated heterocycles. The lowest BCUT2D eigenvalue weighted by molar-refractivity contribution is -0.139. The lowest BCUT2D eigenvalue weighted by atomic mass is 10.1. The SMILES string of the molecule is CCCCN(CCC(Oc1ccccc1C(F)(F)F)c1ccccc1)CC1CC1. The molecule has 2 aromatic rings. The van der Waals surface area contributed by atoms with Crippen molar-refractivity contribution in [2.45, 2.75) is 51.3 Å². The van der Waals surface area contributed by atoms with Gasteiger partial charge in [-0.2, -0.15) is 13.2 Å². The largest absolute Gasteiger partial charge is 0.485 e. The minimum atomic E-state index is -4.43. The van der Waals surface area contributed by atoms with Crippen LogP contribution in [0.5, 0.6) is 5.75 Å². The standard InChI is InChI=1S/C24H30F3NO/c1-2-3-16-28(18-19-13-14-19)17-15-22(20-9-5-4-6-10-20)29-23-12-8-7-11-21(23)24(25,26)27/h4-12,19,22H,2-3,13-18H2,1H3. The van der Waals surface area contributed by atoms with Crippen LogP contribution in [0.2, 0.25) is 0 Å². The summed E-state index contributed by atoms with van der Waals surface area (Å²) in [6, 6.07) is 15.1. The van der Waals surface area contributed by atoms with E-state index in [2.05, 4.69) is 11.8 Å². The second-order valence-corrected chi connectivity index (χ2v) is 7.90. The highest BCUT2D eigenvalue weighted by Crippen LogP contribution is 2.38. The number of hydrogen-bond acceptors (Lipinski definition) is 2. The second-order valence-electron chi connectivity index (χ2n) is 7.90. The van der Waals surface area contributed by atoms with Crippen molar-refractivity contribution in [3.05, 3.63) is 65.7 Å². The van der Waals surface area contributed by atoms with Crippen LogP contribution in [0.25, 0.3) is 0 Å². The number of alkyl halides is 3. The van der Waals surface area contributed by atoms with Gasteiger partial charge in [0.1, 0.15) is 11.9 Å². The van der Waals surface area contributed by atoms with E-state index in [-0.39, 0.29) is 5.75 Å².